The van der Waals surface area contributed by atoms with E-state index in [1.54, 1.807) is 32.4 Å². The third-order valence-electron chi connectivity index (χ3n) is 3.56. The molecule has 1 aromatic heterocycles. The number of hydrogen-bond donors (Lipinski definition) is 1. The molecule has 25 heavy (non-hydrogen) atoms. The summed E-state index contributed by atoms with van der Waals surface area (Å²) >= 11 is 1.44. The van der Waals surface area contributed by atoms with E-state index in [2.05, 4.69) is 10.3 Å². The minimum Gasteiger partial charge on any atom is -0.545 e. The van der Waals surface area contributed by atoms with Crippen molar-refractivity contribution in [1.29, 1.82) is 0 Å². The number of carbonyl (C=O) groups is 1. The van der Waals surface area contributed by atoms with Crippen LogP contribution in [-0.4, -0.2) is 25.2 Å². The van der Waals surface area contributed by atoms with Crippen molar-refractivity contribution in [2.75, 3.05) is 19.5 Å². The van der Waals surface area contributed by atoms with Crippen molar-refractivity contribution < 1.29 is 19.4 Å². The lowest BCUT2D eigenvalue weighted by molar-refractivity contribution is -0.255. The van der Waals surface area contributed by atoms with Crippen molar-refractivity contribution in [2.24, 2.45) is 0 Å². The summed E-state index contributed by atoms with van der Waals surface area (Å²) < 4.78 is 10.6. The molecular weight excluding hydrogens is 340 g/mol. The number of carboxylic acids is 1. The molecule has 0 amide bonds. The summed E-state index contributed by atoms with van der Waals surface area (Å²) in [4.78, 5) is 15.3. The number of nitrogens with one attached hydrogen (secondary N) is 1. The number of hydrogen-bond acceptors (Lipinski definition) is 7. The van der Waals surface area contributed by atoms with E-state index in [1.165, 1.54) is 23.5 Å². The van der Waals surface area contributed by atoms with E-state index in [1.807, 2.05) is 17.5 Å². The molecule has 0 spiro atoms. The van der Waals surface area contributed by atoms with Crippen LogP contribution in [0.25, 0.3) is 11.3 Å². The highest BCUT2D eigenvalue weighted by atomic mass is 32.1. The first kappa shape index (κ1) is 16.8. The molecule has 0 aliphatic carbocycles. The quantitative estimate of drug-likeness (QED) is 0.732. The fraction of sp³-hybridized carbons (Fsp3) is 0.111. The highest BCUT2D eigenvalue weighted by molar-refractivity contribution is 7.14. The average molecular weight is 355 g/mol. The second-order valence-corrected chi connectivity index (χ2v) is 5.95. The number of rotatable bonds is 6. The lowest BCUT2D eigenvalue weighted by Gasteiger charge is -2.08. The minimum atomic E-state index is -1.20. The Labute approximate surface area is 148 Å². The lowest BCUT2D eigenvalue weighted by Crippen LogP contribution is -2.21. The SMILES string of the molecule is COc1ccc(-c2csc(Nc3ccc(C(=O)[O-])cc3)n2)c(OC)c1. The molecule has 3 aromatic rings. The molecule has 7 heteroatoms. The van der Waals surface area contributed by atoms with E-state index < -0.39 is 5.97 Å². The Balaban J connectivity index is 1.82. The molecule has 1 N–H and O–H groups in total. The Bertz CT molecular complexity index is 890. The standard InChI is InChI=1S/C18H16N2O4S/c1-23-13-7-8-14(16(9-13)24-2)15-10-25-18(20-15)19-12-5-3-11(4-6-12)17(21)22/h3-10H,1-2H3,(H,19,20)(H,21,22)/p-1. The predicted octanol–water partition coefficient (Wildman–Crippen LogP) is 2.93. The molecule has 0 aliphatic heterocycles. The number of carbonyl (C=O) groups excluding carboxylic acids is 1. The van der Waals surface area contributed by atoms with Gasteiger partial charge < -0.3 is 24.7 Å². The third-order valence-corrected chi connectivity index (χ3v) is 4.32. The monoisotopic (exact) mass is 355 g/mol. The van der Waals surface area contributed by atoms with Crippen LogP contribution in [-0.2, 0) is 0 Å². The maximum absolute atomic E-state index is 10.8. The second kappa shape index (κ2) is 7.23. The molecular formula is C18H15N2O4S-. The molecule has 6 nitrogen and oxygen atoms in total. The van der Waals surface area contributed by atoms with Crippen molar-refractivity contribution in [3.63, 3.8) is 0 Å². The van der Waals surface area contributed by atoms with Crippen molar-refractivity contribution in [3.05, 3.63) is 53.4 Å². The van der Waals surface area contributed by atoms with Gasteiger partial charge in [0.15, 0.2) is 5.13 Å². The van der Waals surface area contributed by atoms with E-state index in [-0.39, 0.29) is 5.56 Å². The van der Waals surface area contributed by atoms with Crippen LogP contribution in [0.5, 0.6) is 11.5 Å². The van der Waals surface area contributed by atoms with E-state index in [9.17, 15) is 9.90 Å². The summed E-state index contributed by atoms with van der Waals surface area (Å²) in [6.07, 6.45) is 0. The molecule has 0 saturated carbocycles. The van der Waals surface area contributed by atoms with Crippen LogP contribution in [0.2, 0.25) is 0 Å². The number of carboxylic acid groups (broad SMARTS) is 1. The topological polar surface area (TPSA) is 83.5 Å². The van der Waals surface area contributed by atoms with Crippen LogP contribution in [0.4, 0.5) is 10.8 Å². The number of anilines is 2. The zero-order chi connectivity index (χ0) is 17.8. The fourth-order valence-corrected chi connectivity index (χ4v) is 3.01. The van der Waals surface area contributed by atoms with Gasteiger partial charge >= 0.3 is 0 Å². The third kappa shape index (κ3) is 3.72. The van der Waals surface area contributed by atoms with Crippen LogP contribution in [0.1, 0.15) is 10.4 Å². The van der Waals surface area contributed by atoms with E-state index in [4.69, 9.17) is 9.47 Å². The summed E-state index contributed by atoms with van der Waals surface area (Å²) in [6, 6.07) is 11.9. The lowest BCUT2D eigenvalue weighted by atomic mass is 10.1. The number of benzene rings is 2. The maximum atomic E-state index is 10.8. The van der Waals surface area contributed by atoms with Crippen LogP contribution < -0.4 is 19.9 Å². The number of ether oxygens (including phenoxy) is 2. The number of thiazole rings is 1. The van der Waals surface area contributed by atoms with Gasteiger partial charge in [-0.15, -0.1) is 11.3 Å². The van der Waals surface area contributed by atoms with Crippen LogP contribution in [0.3, 0.4) is 0 Å². The molecule has 128 valence electrons. The highest BCUT2D eigenvalue weighted by Crippen LogP contribution is 2.35. The molecule has 0 atom stereocenters. The van der Waals surface area contributed by atoms with Crippen LogP contribution in [0, 0.1) is 0 Å². The molecule has 0 unspecified atom stereocenters. The molecule has 0 radical (unpaired) electrons. The normalized spacial score (nSPS) is 10.3. The van der Waals surface area contributed by atoms with Crippen molar-refractivity contribution in [2.45, 2.75) is 0 Å². The zero-order valence-electron chi connectivity index (χ0n) is 13.6. The molecule has 0 aliphatic rings. The van der Waals surface area contributed by atoms with Gasteiger partial charge in [0.25, 0.3) is 0 Å². The first-order valence-electron chi connectivity index (χ1n) is 7.37. The molecule has 1 heterocycles. The van der Waals surface area contributed by atoms with Crippen LogP contribution in [0.15, 0.2) is 47.8 Å². The van der Waals surface area contributed by atoms with Gasteiger partial charge in [0, 0.05) is 22.7 Å². The molecule has 0 bridgehead atoms. The Morgan fingerprint density at radius 2 is 1.88 bits per heavy atom. The van der Waals surface area contributed by atoms with Gasteiger partial charge in [0.05, 0.1) is 25.9 Å². The van der Waals surface area contributed by atoms with E-state index >= 15 is 0 Å². The number of aromatic nitrogens is 1. The molecule has 0 saturated heterocycles. The Morgan fingerprint density at radius 3 is 2.52 bits per heavy atom. The second-order valence-electron chi connectivity index (χ2n) is 5.09. The van der Waals surface area contributed by atoms with Gasteiger partial charge in [0.2, 0.25) is 0 Å². The van der Waals surface area contributed by atoms with E-state index in [0.717, 1.165) is 16.9 Å². The highest BCUT2D eigenvalue weighted by Gasteiger charge is 2.11. The zero-order valence-corrected chi connectivity index (χ0v) is 14.4. The Hall–Kier alpha value is -3.06. The maximum Gasteiger partial charge on any atom is 0.187 e. The summed E-state index contributed by atoms with van der Waals surface area (Å²) in [7, 11) is 3.20. The van der Waals surface area contributed by atoms with Crippen LogP contribution >= 0.6 is 11.3 Å². The molecule has 0 fully saturated rings. The summed E-state index contributed by atoms with van der Waals surface area (Å²) in [6.45, 7) is 0. The molecule has 3 rings (SSSR count). The van der Waals surface area contributed by atoms with Gasteiger partial charge in [0.1, 0.15) is 11.5 Å². The van der Waals surface area contributed by atoms with Crippen molar-refractivity contribution >= 4 is 28.1 Å². The Kier molecular flexibility index (Phi) is 4.85. The summed E-state index contributed by atoms with van der Waals surface area (Å²) in [5.41, 5.74) is 2.51. The van der Waals surface area contributed by atoms with Crippen molar-refractivity contribution in [1.82, 2.24) is 4.98 Å². The van der Waals surface area contributed by atoms with Crippen molar-refractivity contribution in [3.8, 4) is 22.8 Å². The van der Waals surface area contributed by atoms with Gasteiger partial charge in [-0.25, -0.2) is 4.98 Å². The van der Waals surface area contributed by atoms with Gasteiger partial charge in [-0.2, -0.15) is 0 Å². The number of aromatic carboxylic acids is 1. The summed E-state index contributed by atoms with van der Waals surface area (Å²) in [5.74, 6) is 0.186. The number of nitrogens with zero attached hydrogens (tertiary/aromatic N) is 1. The average Bonchev–Trinajstić information content (AvgIpc) is 3.09. The largest absolute Gasteiger partial charge is 0.545 e. The van der Waals surface area contributed by atoms with Gasteiger partial charge in [-0.3, -0.25) is 0 Å². The number of methoxy groups -OCH3 is 2. The first-order chi connectivity index (χ1) is 12.1. The minimum absolute atomic E-state index is 0.133. The fourth-order valence-electron chi connectivity index (χ4n) is 2.28. The molecule has 2 aromatic carbocycles. The van der Waals surface area contributed by atoms with E-state index in [0.29, 0.717) is 16.6 Å². The van der Waals surface area contributed by atoms with Gasteiger partial charge in [-0.05, 0) is 29.8 Å². The van der Waals surface area contributed by atoms with Gasteiger partial charge in [-0.1, -0.05) is 12.1 Å². The predicted molar refractivity (Wildman–Crippen MR) is 94.7 cm³/mol. The summed E-state index contributed by atoms with van der Waals surface area (Å²) in [5, 5.41) is 16.5. The first-order valence-corrected chi connectivity index (χ1v) is 8.25. The Morgan fingerprint density at radius 1 is 1.12 bits per heavy atom. The smallest absolute Gasteiger partial charge is 0.187 e.